The van der Waals surface area contributed by atoms with E-state index in [0.29, 0.717) is 0 Å². The smallest absolute Gasteiger partial charge is 0.338 e. The van der Waals surface area contributed by atoms with Crippen LogP contribution in [0.15, 0.2) is 35.0 Å². The summed E-state index contributed by atoms with van der Waals surface area (Å²) in [5, 5.41) is 14.3. The van der Waals surface area contributed by atoms with Gasteiger partial charge in [0.1, 0.15) is 5.82 Å². The number of carbonyl (C=O) groups is 2. The molecule has 2 rings (SSSR count). The number of thiophene rings is 1. The second-order valence-electron chi connectivity index (χ2n) is 3.47. The van der Waals surface area contributed by atoms with Gasteiger partial charge < -0.3 is 10.4 Å². The fourth-order valence-electron chi connectivity index (χ4n) is 1.36. The highest BCUT2D eigenvalue weighted by molar-refractivity contribution is 7.08. The van der Waals surface area contributed by atoms with Crippen LogP contribution in [0, 0.1) is 5.82 Å². The molecule has 0 atom stereocenters. The van der Waals surface area contributed by atoms with Crippen molar-refractivity contribution in [3.8, 4) is 0 Å². The van der Waals surface area contributed by atoms with Gasteiger partial charge in [0.25, 0.3) is 5.91 Å². The third-order valence-electron chi connectivity index (χ3n) is 2.25. The Kier molecular flexibility index (Phi) is 3.38. The lowest BCUT2D eigenvalue weighted by atomic mass is 10.2. The second kappa shape index (κ2) is 4.97. The van der Waals surface area contributed by atoms with Crippen molar-refractivity contribution in [2.75, 3.05) is 5.32 Å². The van der Waals surface area contributed by atoms with Gasteiger partial charge in [-0.25, -0.2) is 9.18 Å². The van der Waals surface area contributed by atoms with Crippen molar-refractivity contribution in [3.05, 3.63) is 52.0 Å². The number of halogens is 1. The van der Waals surface area contributed by atoms with Crippen LogP contribution in [0.2, 0.25) is 0 Å². The number of nitrogens with one attached hydrogen (secondary N) is 1. The maximum Gasteiger partial charge on any atom is 0.338 e. The number of rotatable bonds is 3. The van der Waals surface area contributed by atoms with E-state index >= 15 is 0 Å². The van der Waals surface area contributed by atoms with Crippen molar-refractivity contribution in [3.63, 3.8) is 0 Å². The molecular weight excluding hydrogens is 257 g/mol. The molecule has 1 amide bonds. The normalized spacial score (nSPS) is 10.1. The maximum atomic E-state index is 12.7. The Morgan fingerprint density at radius 3 is 2.44 bits per heavy atom. The Hall–Kier alpha value is -2.21. The van der Waals surface area contributed by atoms with Crippen LogP contribution in [0.5, 0.6) is 0 Å². The van der Waals surface area contributed by atoms with Gasteiger partial charge in [-0.3, -0.25) is 4.79 Å². The van der Waals surface area contributed by atoms with E-state index in [9.17, 15) is 14.0 Å². The lowest BCUT2D eigenvalue weighted by molar-refractivity contribution is 0.0698. The summed E-state index contributed by atoms with van der Waals surface area (Å²) >= 11 is 1.18. The van der Waals surface area contributed by atoms with Gasteiger partial charge >= 0.3 is 5.97 Å². The quantitative estimate of drug-likeness (QED) is 0.896. The van der Waals surface area contributed by atoms with E-state index in [2.05, 4.69) is 5.32 Å². The van der Waals surface area contributed by atoms with Crippen LogP contribution < -0.4 is 5.32 Å². The molecule has 4 nitrogen and oxygen atoms in total. The molecule has 92 valence electrons. The standard InChI is InChI=1S/C12H8FNO3S/c13-8-3-1-7(2-4-8)11(15)14-10-6-18-5-9(10)12(16)17/h1-6H,(H,14,15)(H,16,17). The number of carboxylic acids is 1. The second-order valence-corrected chi connectivity index (χ2v) is 4.21. The lowest BCUT2D eigenvalue weighted by Crippen LogP contribution is -2.13. The Morgan fingerprint density at radius 2 is 1.83 bits per heavy atom. The molecule has 0 bridgehead atoms. The van der Waals surface area contributed by atoms with Crippen LogP contribution in [-0.2, 0) is 0 Å². The van der Waals surface area contributed by atoms with E-state index in [-0.39, 0.29) is 16.8 Å². The fourth-order valence-corrected chi connectivity index (χ4v) is 2.11. The van der Waals surface area contributed by atoms with Crippen molar-refractivity contribution in [2.24, 2.45) is 0 Å². The van der Waals surface area contributed by atoms with E-state index in [4.69, 9.17) is 5.11 Å². The molecule has 0 spiro atoms. The highest BCUT2D eigenvalue weighted by Gasteiger charge is 2.14. The highest BCUT2D eigenvalue weighted by Crippen LogP contribution is 2.21. The summed E-state index contributed by atoms with van der Waals surface area (Å²) in [6.45, 7) is 0. The number of benzene rings is 1. The van der Waals surface area contributed by atoms with Gasteiger partial charge in [-0.05, 0) is 24.3 Å². The van der Waals surface area contributed by atoms with Crippen molar-refractivity contribution < 1.29 is 19.1 Å². The van der Waals surface area contributed by atoms with Crippen LogP contribution in [0.3, 0.4) is 0 Å². The Balaban J connectivity index is 2.19. The number of hydrogen-bond acceptors (Lipinski definition) is 3. The highest BCUT2D eigenvalue weighted by atomic mass is 32.1. The first-order valence-corrected chi connectivity index (χ1v) is 5.88. The molecule has 0 aliphatic heterocycles. The molecule has 0 saturated carbocycles. The van der Waals surface area contributed by atoms with Gasteiger partial charge in [-0.1, -0.05) is 0 Å². The molecule has 1 aromatic heterocycles. The van der Waals surface area contributed by atoms with Gasteiger partial charge in [0.2, 0.25) is 0 Å². The Bertz CT molecular complexity index is 592. The van der Waals surface area contributed by atoms with Crippen LogP contribution >= 0.6 is 11.3 Å². The predicted octanol–water partition coefficient (Wildman–Crippen LogP) is 2.84. The van der Waals surface area contributed by atoms with Gasteiger partial charge in [-0.2, -0.15) is 0 Å². The Morgan fingerprint density at radius 1 is 1.17 bits per heavy atom. The number of hydrogen-bond donors (Lipinski definition) is 2. The SMILES string of the molecule is O=C(Nc1cscc1C(=O)O)c1ccc(F)cc1. The fraction of sp³-hybridized carbons (Fsp3) is 0. The van der Waals surface area contributed by atoms with Gasteiger partial charge in [0, 0.05) is 16.3 Å². The lowest BCUT2D eigenvalue weighted by Gasteiger charge is -2.04. The summed E-state index contributed by atoms with van der Waals surface area (Å²) < 4.78 is 12.7. The van der Waals surface area contributed by atoms with Crippen molar-refractivity contribution in [2.45, 2.75) is 0 Å². The molecule has 18 heavy (non-hydrogen) atoms. The first kappa shape index (κ1) is 12.3. The van der Waals surface area contributed by atoms with Crippen molar-refractivity contribution in [1.29, 1.82) is 0 Å². The Labute approximate surface area is 106 Å². The molecular formula is C12H8FNO3S. The van der Waals surface area contributed by atoms with Gasteiger partial charge in [0.05, 0.1) is 11.3 Å². The average molecular weight is 265 g/mol. The van der Waals surface area contributed by atoms with E-state index in [0.717, 1.165) is 0 Å². The molecule has 0 unspecified atom stereocenters. The number of anilines is 1. The zero-order valence-electron chi connectivity index (χ0n) is 9.01. The third kappa shape index (κ3) is 2.54. The monoisotopic (exact) mass is 265 g/mol. The van der Waals surface area contributed by atoms with Gasteiger partial charge in [-0.15, -0.1) is 11.3 Å². The zero-order chi connectivity index (χ0) is 13.1. The molecule has 0 saturated heterocycles. The van der Waals surface area contributed by atoms with E-state index < -0.39 is 17.7 Å². The predicted molar refractivity (Wildman–Crippen MR) is 65.6 cm³/mol. The number of carboxylic acid groups (broad SMARTS) is 1. The third-order valence-corrected chi connectivity index (χ3v) is 2.99. The first-order chi connectivity index (χ1) is 8.58. The minimum absolute atomic E-state index is 0.0375. The van der Waals surface area contributed by atoms with Crippen molar-refractivity contribution in [1.82, 2.24) is 0 Å². The summed E-state index contributed by atoms with van der Waals surface area (Å²) in [5.41, 5.74) is 0.538. The minimum Gasteiger partial charge on any atom is -0.478 e. The number of amides is 1. The summed E-state index contributed by atoms with van der Waals surface area (Å²) in [6, 6.07) is 5.00. The molecule has 0 fully saturated rings. The van der Waals surface area contributed by atoms with E-state index in [1.165, 1.54) is 46.4 Å². The van der Waals surface area contributed by atoms with E-state index in [1.54, 1.807) is 0 Å². The summed E-state index contributed by atoms with van der Waals surface area (Å²) in [5.74, 6) is -2.02. The van der Waals surface area contributed by atoms with Crippen LogP contribution in [0.1, 0.15) is 20.7 Å². The largest absolute Gasteiger partial charge is 0.478 e. The molecule has 0 aliphatic rings. The number of carbonyl (C=O) groups excluding carboxylic acids is 1. The number of aromatic carboxylic acids is 1. The molecule has 2 aromatic rings. The molecule has 6 heteroatoms. The minimum atomic E-state index is -1.11. The van der Waals surface area contributed by atoms with Crippen molar-refractivity contribution >= 4 is 28.9 Å². The molecule has 1 aromatic carbocycles. The zero-order valence-corrected chi connectivity index (χ0v) is 9.83. The summed E-state index contributed by atoms with van der Waals surface area (Å²) in [7, 11) is 0. The molecule has 1 heterocycles. The van der Waals surface area contributed by atoms with Crippen LogP contribution in [0.25, 0.3) is 0 Å². The average Bonchev–Trinajstić information content (AvgIpc) is 2.78. The van der Waals surface area contributed by atoms with E-state index in [1.807, 2.05) is 0 Å². The topological polar surface area (TPSA) is 66.4 Å². The molecule has 2 N–H and O–H groups in total. The van der Waals surface area contributed by atoms with Crippen LogP contribution in [-0.4, -0.2) is 17.0 Å². The summed E-state index contributed by atoms with van der Waals surface area (Å²) in [6.07, 6.45) is 0. The summed E-state index contributed by atoms with van der Waals surface area (Å²) in [4.78, 5) is 22.6. The molecule has 0 radical (unpaired) electrons. The first-order valence-electron chi connectivity index (χ1n) is 4.94. The molecule has 0 aliphatic carbocycles. The van der Waals surface area contributed by atoms with Crippen LogP contribution in [0.4, 0.5) is 10.1 Å². The maximum absolute atomic E-state index is 12.7. The van der Waals surface area contributed by atoms with Gasteiger partial charge in [0.15, 0.2) is 0 Å².